The normalized spacial score (nSPS) is 11.1. The predicted octanol–water partition coefficient (Wildman–Crippen LogP) is 2.50. The van der Waals surface area contributed by atoms with Crippen LogP contribution < -0.4 is 0 Å². The molecule has 0 radical (unpaired) electrons. The van der Waals surface area contributed by atoms with Gasteiger partial charge in [-0.15, -0.1) is 11.3 Å². The van der Waals surface area contributed by atoms with E-state index in [0.29, 0.717) is 0 Å². The highest BCUT2D eigenvalue weighted by Gasteiger charge is 2.10. The molecule has 2 heterocycles. The lowest BCUT2D eigenvalue weighted by atomic mass is 10.1. The fourth-order valence-corrected chi connectivity index (χ4v) is 2.53. The van der Waals surface area contributed by atoms with Gasteiger partial charge >= 0.3 is 0 Å². The van der Waals surface area contributed by atoms with Crippen molar-refractivity contribution in [2.24, 2.45) is 0 Å². The number of aryl methyl sites for hydroxylation is 1. The lowest BCUT2D eigenvalue weighted by molar-refractivity contribution is 0.140. The molecule has 2 aromatic heterocycles. The Kier molecular flexibility index (Phi) is 5.44. The maximum atomic E-state index is 5.19. The van der Waals surface area contributed by atoms with Gasteiger partial charge in [-0.3, -0.25) is 9.88 Å². The second-order valence-electron chi connectivity index (χ2n) is 4.43. The quantitative estimate of drug-likeness (QED) is 0.779. The zero-order chi connectivity index (χ0) is 13.5. The smallest absolute Gasteiger partial charge is 0.107 e. The van der Waals surface area contributed by atoms with Crippen LogP contribution in [0.25, 0.3) is 0 Å². The monoisotopic (exact) mass is 277 g/mol. The molecular weight excluding hydrogens is 258 g/mol. The molecule has 0 unspecified atom stereocenters. The van der Waals surface area contributed by atoms with Crippen molar-refractivity contribution in [2.45, 2.75) is 20.0 Å². The van der Waals surface area contributed by atoms with Crippen molar-refractivity contribution in [3.63, 3.8) is 0 Å². The summed E-state index contributed by atoms with van der Waals surface area (Å²) in [6.45, 7) is 5.49. The highest BCUT2D eigenvalue weighted by molar-refractivity contribution is 7.09. The Bertz CT molecular complexity index is 487. The molecule has 0 bridgehead atoms. The summed E-state index contributed by atoms with van der Waals surface area (Å²) in [5.74, 6) is 0. The molecule has 102 valence electrons. The van der Waals surface area contributed by atoms with Crippen molar-refractivity contribution in [3.05, 3.63) is 46.2 Å². The lowest BCUT2D eigenvalue weighted by Gasteiger charge is -2.21. The van der Waals surface area contributed by atoms with Gasteiger partial charge in [0.15, 0.2) is 0 Å². The number of rotatable bonds is 7. The Balaban J connectivity index is 2.03. The third-order valence-corrected chi connectivity index (χ3v) is 3.75. The van der Waals surface area contributed by atoms with Crippen LogP contribution in [0.3, 0.4) is 0 Å². The number of methoxy groups -OCH3 is 1. The number of pyridine rings is 1. The van der Waals surface area contributed by atoms with Crippen LogP contribution in [0.1, 0.15) is 16.1 Å². The van der Waals surface area contributed by atoms with Crippen LogP contribution in [-0.2, 0) is 17.8 Å². The lowest BCUT2D eigenvalue weighted by Crippen LogP contribution is -2.27. The second kappa shape index (κ2) is 7.33. The SMILES string of the molecule is COCCN(Cc1nccs1)Cc1ccncc1C. The Morgan fingerprint density at radius 3 is 2.89 bits per heavy atom. The third-order valence-electron chi connectivity index (χ3n) is 2.98. The molecule has 0 N–H and O–H groups in total. The van der Waals surface area contributed by atoms with Crippen molar-refractivity contribution in [2.75, 3.05) is 20.3 Å². The third kappa shape index (κ3) is 4.38. The van der Waals surface area contributed by atoms with E-state index in [9.17, 15) is 0 Å². The van der Waals surface area contributed by atoms with Gasteiger partial charge < -0.3 is 4.74 Å². The maximum absolute atomic E-state index is 5.19. The van der Waals surface area contributed by atoms with Crippen molar-refractivity contribution in [1.82, 2.24) is 14.9 Å². The average molecular weight is 277 g/mol. The summed E-state index contributed by atoms with van der Waals surface area (Å²) in [6.07, 6.45) is 5.61. The summed E-state index contributed by atoms with van der Waals surface area (Å²) >= 11 is 1.69. The first-order chi connectivity index (χ1) is 9.29. The van der Waals surface area contributed by atoms with E-state index in [-0.39, 0.29) is 0 Å². The zero-order valence-electron chi connectivity index (χ0n) is 11.4. The topological polar surface area (TPSA) is 38.2 Å². The molecule has 19 heavy (non-hydrogen) atoms. The van der Waals surface area contributed by atoms with Crippen molar-refractivity contribution >= 4 is 11.3 Å². The number of aromatic nitrogens is 2. The Morgan fingerprint density at radius 1 is 1.32 bits per heavy atom. The largest absolute Gasteiger partial charge is 0.383 e. The zero-order valence-corrected chi connectivity index (χ0v) is 12.2. The van der Waals surface area contributed by atoms with Crippen LogP contribution >= 0.6 is 11.3 Å². The summed E-state index contributed by atoms with van der Waals surface area (Å²) in [5, 5.41) is 3.16. The standard InChI is InChI=1S/C14H19N3OS/c1-12-9-15-4-3-13(12)10-17(6-7-18-2)11-14-16-5-8-19-14/h3-5,8-9H,6-7,10-11H2,1-2H3. The summed E-state index contributed by atoms with van der Waals surface area (Å²) in [6, 6.07) is 2.08. The van der Waals surface area contributed by atoms with Gasteiger partial charge in [0, 0.05) is 44.2 Å². The summed E-state index contributed by atoms with van der Waals surface area (Å²) < 4.78 is 5.19. The molecule has 0 aliphatic heterocycles. The fraction of sp³-hybridized carbons (Fsp3) is 0.429. The van der Waals surface area contributed by atoms with Crippen LogP contribution in [0.2, 0.25) is 0 Å². The minimum Gasteiger partial charge on any atom is -0.383 e. The van der Waals surface area contributed by atoms with Gasteiger partial charge in [-0.05, 0) is 24.1 Å². The molecule has 0 aromatic carbocycles. The Morgan fingerprint density at radius 2 is 2.21 bits per heavy atom. The Hall–Kier alpha value is -1.30. The van der Waals surface area contributed by atoms with Crippen LogP contribution in [0.5, 0.6) is 0 Å². The number of thiazole rings is 1. The molecule has 2 aromatic rings. The summed E-state index contributed by atoms with van der Waals surface area (Å²) in [5.41, 5.74) is 2.53. The maximum Gasteiger partial charge on any atom is 0.107 e. The molecule has 5 heteroatoms. The second-order valence-corrected chi connectivity index (χ2v) is 5.41. The van der Waals surface area contributed by atoms with Gasteiger partial charge in [-0.2, -0.15) is 0 Å². The average Bonchev–Trinajstić information content (AvgIpc) is 2.91. The molecule has 0 atom stereocenters. The molecule has 0 aliphatic rings. The Labute approximate surface area is 118 Å². The van der Waals surface area contributed by atoms with E-state index < -0.39 is 0 Å². The first-order valence-electron chi connectivity index (χ1n) is 6.28. The van der Waals surface area contributed by atoms with Gasteiger partial charge in [-0.1, -0.05) is 0 Å². The van der Waals surface area contributed by atoms with Gasteiger partial charge in [0.25, 0.3) is 0 Å². The van der Waals surface area contributed by atoms with Gasteiger partial charge in [0.1, 0.15) is 5.01 Å². The summed E-state index contributed by atoms with van der Waals surface area (Å²) in [7, 11) is 1.74. The van der Waals surface area contributed by atoms with Crippen molar-refractivity contribution < 1.29 is 4.74 Å². The van der Waals surface area contributed by atoms with Crippen molar-refractivity contribution in [3.8, 4) is 0 Å². The van der Waals surface area contributed by atoms with E-state index in [1.807, 2.05) is 24.0 Å². The van der Waals surface area contributed by atoms with E-state index in [0.717, 1.165) is 31.2 Å². The molecule has 0 aliphatic carbocycles. The number of hydrogen-bond acceptors (Lipinski definition) is 5. The highest BCUT2D eigenvalue weighted by Crippen LogP contribution is 2.13. The predicted molar refractivity (Wildman–Crippen MR) is 77.1 cm³/mol. The van der Waals surface area contributed by atoms with E-state index in [1.54, 1.807) is 18.4 Å². The molecule has 4 nitrogen and oxygen atoms in total. The van der Waals surface area contributed by atoms with Crippen molar-refractivity contribution in [1.29, 1.82) is 0 Å². The van der Waals surface area contributed by atoms with E-state index >= 15 is 0 Å². The van der Waals surface area contributed by atoms with E-state index in [1.165, 1.54) is 11.1 Å². The van der Waals surface area contributed by atoms with Gasteiger partial charge in [0.2, 0.25) is 0 Å². The van der Waals surface area contributed by atoms with E-state index in [4.69, 9.17) is 4.74 Å². The first kappa shape index (κ1) is 14.1. The highest BCUT2D eigenvalue weighted by atomic mass is 32.1. The molecule has 0 saturated heterocycles. The first-order valence-corrected chi connectivity index (χ1v) is 7.16. The molecule has 0 fully saturated rings. The minimum absolute atomic E-state index is 0.732. The number of nitrogens with zero attached hydrogens (tertiary/aromatic N) is 3. The van der Waals surface area contributed by atoms with Crippen LogP contribution in [0.15, 0.2) is 30.0 Å². The molecule has 0 saturated carbocycles. The molecular formula is C14H19N3OS. The molecule has 2 rings (SSSR count). The van der Waals surface area contributed by atoms with Gasteiger partial charge in [-0.25, -0.2) is 4.98 Å². The van der Waals surface area contributed by atoms with E-state index in [2.05, 4.69) is 27.9 Å². The van der Waals surface area contributed by atoms with Crippen LogP contribution in [0.4, 0.5) is 0 Å². The molecule has 0 spiro atoms. The van der Waals surface area contributed by atoms with Crippen LogP contribution in [0, 0.1) is 6.92 Å². The summed E-state index contributed by atoms with van der Waals surface area (Å²) in [4.78, 5) is 10.8. The van der Waals surface area contributed by atoms with Crippen LogP contribution in [-0.4, -0.2) is 35.1 Å². The van der Waals surface area contributed by atoms with Gasteiger partial charge in [0.05, 0.1) is 13.2 Å². The molecule has 0 amide bonds. The number of hydrogen-bond donors (Lipinski definition) is 0. The number of ether oxygens (including phenoxy) is 1. The minimum atomic E-state index is 0.732. The fourth-order valence-electron chi connectivity index (χ4n) is 1.88.